The molecular formula is C23H24ClFN2O4S. The van der Waals surface area contributed by atoms with Crippen LogP contribution in [0.4, 0.5) is 4.39 Å². The van der Waals surface area contributed by atoms with E-state index in [4.69, 9.17) is 16.3 Å². The second-order valence-corrected chi connectivity index (χ2v) is 10.1. The zero-order valence-electron chi connectivity index (χ0n) is 17.6. The predicted molar refractivity (Wildman–Crippen MR) is 122 cm³/mol. The Morgan fingerprint density at radius 1 is 1.22 bits per heavy atom. The molecule has 0 radical (unpaired) electrons. The number of fused-ring (bicyclic) bond motifs is 1. The Bertz CT molecular complexity index is 1270. The van der Waals surface area contributed by atoms with Crippen molar-refractivity contribution in [2.75, 3.05) is 7.11 Å². The van der Waals surface area contributed by atoms with Gasteiger partial charge in [-0.15, -0.1) is 0 Å². The molecule has 0 bridgehead atoms. The average molecular weight is 479 g/mol. The summed E-state index contributed by atoms with van der Waals surface area (Å²) < 4.78 is 48.4. The molecule has 1 aliphatic carbocycles. The highest BCUT2D eigenvalue weighted by atomic mass is 35.5. The highest BCUT2D eigenvalue weighted by Crippen LogP contribution is 2.35. The van der Waals surface area contributed by atoms with Crippen molar-refractivity contribution >= 4 is 38.5 Å². The minimum absolute atomic E-state index is 0.0506. The maximum absolute atomic E-state index is 14.6. The molecular weight excluding hydrogens is 455 g/mol. The largest absolute Gasteiger partial charge is 0.469 e. The van der Waals surface area contributed by atoms with Gasteiger partial charge in [0.25, 0.3) is 0 Å². The third-order valence-corrected chi connectivity index (χ3v) is 7.86. The Hall–Kier alpha value is -2.42. The topological polar surface area (TPSA) is 88.3 Å². The van der Waals surface area contributed by atoms with Crippen LogP contribution in [-0.4, -0.2) is 32.5 Å². The van der Waals surface area contributed by atoms with Gasteiger partial charge in [-0.1, -0.05) is 43.0 Å². The lowest BCUT2D eigenvalue weighted by molar-refractivity contribution is -0.139. The molecule has 6 nitrogen and oxygen atoms in total. The van der Waals surface area contributed by atoms with Crippen molar-refractivity contribution in [3.8, 4) is 11.3 Å². The number of rotatable bonds is 6. The van der Waals surface area contributed by atoms with Gasteiger partial charge in [0.2, 0.25) is 10.0 Å². The third kappa shape index (κ3) is 4.53. The predicted octanol–water partition coefficient (Wildman–Crippen LogP) is 4.95. The van der Waals surface area contributed by atoms with Crippen LogP contribution in [0.25, 0.3) is 22.2 Å². The smallest absolute Gasteiger partial charge is 0.310 e. The molecule has 0 amide bonds. The summed E-state index contributed by atoms with van der Waals surface area (Å²) in [5.74, 6) is -1.01. The summed E-state index contributed by atoms with van der Waals surface area (Å²) in [6, 6.07) is 9.04. The quantitative estimate of drug-likeness (QED) is 0.490. The Morgan fingerprint density at radius 3 is 2.69 bits per heavy atom. The number of halogens is 2. The van der Waals surface area contributed by atoms with Crippen molar-refractivity contribution < 1.29 is 22.3 Å². The van der Waals surface area contributed by atoms with Gasteiger partial charge in [0.1, 0.15) is 10.7 Å². The molecule has 1 saturated carbocycles. The van der Waals surface area contributed by atoms with Gasteiger partial charge >= 0.3 is 5.97 Å². The first-order valence-corrected chi connectivity index (χ1v) is 12.3. The minimum atomic E-state index is -3.86. The van der Waals surface area contributed by atoms with E-state index in [9.17, 15) is 17.6 Å². The van der Waals surface area contributed by atoms with E-state index in [0.29, 0.717) is 22.3 Å². The minimum Gasteiger partial charge on any atom is -0.469 e. The SMILES string of the molecule is COC(=O)Cc1c(-c2ccc(Cl)c(S(=O)(=O)NC3CCCCC3)c2)[nH]c2cccc(F)c12. The number of hydrogen-bond acceptors (Lipinski definition) is 4. The van der Waals surface area contributed by atoms with E-state index in [-0.39, 0.29) is 27.8 Å². The number of carbonyl (C=O) groups is 1. The average Bonchev–Trinajstić information content (AvgIpc) is 3.13. The van der Waals surface area contributed by atoms with Gasteiger partial charge in [0.05, 0.1) is 24.2 Å². The maximum Gasteiger partial charge on any atom is 0.310 e. The number of hydrogen-bond donors (Lipinski definition) is 2. The van der Waals surface area contributed by atoms with Crippen LogP contribution in [0.15, 0.2) is 41.3 Å². The number of benzene rings is 2. The van der Waals surface area contributed by atoms with E-state index >= 15 is 0 Å². The first-order chi connectivity index (χ1) is 15.3. The second kappa shape index (κ2) is 9.21. The molecule has 2 N–H and O–H groups in total. The zero-order chi connectivity index (χ0) is 22.9. The lowest BCUT2D eigenvalue weighted by Gasteiger charge is -2.23. The number of esters is 1. The fraction of sp³-hybridized carbons (Fsp3) is 0.348. The molecule has 1 aliphatic rings. The fourth-order valence-corrected chi connectivity index (χ4v) is 6.11. The standard InChI is InChI=1S/C23H24ClFN2O4S/c1-31-21(28)13-16-22-18(25)8-5-9-19(22)26-23(16)14-10-11-17(24)20(12-14)32(29,30)27-15-6-3-2-4-7-15/h5,8-12,15,26-27H,2-4,6-7,13H2,1H3. The Kier molecular flexibility index (Phi) is 6.55. The van der Waals surface area contributed by atoms with Gasteiger partial charge in [-0.2, -0.15) is 0 Å². The van der Waals surface area contributed by atoms with Crippen LogP contribution in [0.3, 0.4) is 0 Å². The van der Waals surface area contributed by atoms with Crippen LogP contribution >= 0.6 is 11.6 Å². The molecule has 9 heteroatoms. The first-order valence-electron chi connectivity index (χ1n) is 10.5. The number of sulfonamides is 1. The van der Waals surface area contributed by atoms with Crippen LogP contribution < -0.4 is 4.72 Å². The van der Waals surface area contributed by atoms with Gasteiger partial charge < -0.3 is 9.72 Å². The summed E-state index contributed by atoms with van der Waals surface area (Å²) in [6.45, 7) is 0. The summed E-state index contributed by atoms with van der Waals surface area (Å²) in [5, 5.41) is 0.362. The molecule has 1 aromatic heterocycles. The first kappa shape index (κ1) is 22.8. The van der Waals surface area contributed by atoms with Crippen molar-refractivity contribution in [3.05, 3.63) is 52.8 Å². The number of ether oxygens (including phenoxy) is 1. The third-order valence-electron chi connectivity index (χ3n) is 5.86. The normalized spacial score (nSPS) is 15.2. The Labute approximate surface area is 191 Å². The number of nitrogens with one attached hydrogen (secondary N) is 2. The van der Waals surface area contributed by atoms with Crippen LogP contribution in [-0.2, 0) is 26.0 Å². The lowest BCUT2D eigenvalue weighted by atomic mass is 9.96. The van der Waals surface area contributed by atoms with Crippen molar-refractivity contribution in [1.82, 2.24) is 9.71 Å². The molecule has 0 unspecified atom stereocenters. The molecule has 0 aliphatic heterocycles. The molecule has 0 atom stereocenters. The van der Waals surface area contributed by atoms with Crippen LogP contribution in [0.5, 0.6) is 0 Å². The molecule has 0 spiro atoms. The summed E-state index contributed by atoms with van der Waals surface area (Å²) >= 11 is 6.27. The number of aromatic nitrogens is 1. The van der Waals surface area contributed by atoms with E-state index in [1.165, 1.54) is 25.3 Å². The van der Waals surface area contributed by atoms with Crippen molar-refractivity contribution in [2.45, 2.75) is 49.5 Å². The Balaban J connectivity index is 1.80. The van der Waals surface area contributed by atoms with E-state index in [0.717, 1.165) is 32.1 Å². The van der Waals surface area contributed by atoms with E-state index < -0.39 is 21.8 Å². The van der Waals surface area contributed by atoms with Crippen molar-refractivity contribution in [1.29, 1.82) is 0 Å². The molecule has 170 valence electrons. The zero-order valence-corrected chi connectivity index (χ0v) is 19.2. The summed E-state index contributed by atoms with van der Waals surface area (Å²) in [6.07, 6.45) is 4.49. The molecule has 0 saturated heterocycles. The van der Waals surface area contributed by atoms with Crippen LogP contribution in [0, 0.1) is 5.82 Å². The van der Waals surface area contributed by atoms with Crippen molar-refractivity contribution in [3.63, 3.8) is 0 Å². The highest BCUT2D eigenvalue weighted by Gasteiger charge is 2.26. The van der Waals surface area contributed by atoms with E-state index in [1.807, 2.05) is 0 Å². The van der Waals surface area contributed by atoms with Gasteiger partial charge in [0, 0.05) is 16.9 Å². The maximum atomic E-state index is 14.6. The molecule has 4 rings (SSSR count). The van der Waals surface area contributed by atoms with Crippen LogP contribution in [0.2, 0.25) is 5.02 Å². The summed E-state index contributed by atoms with van der Waals surface area (Å²) in [7, 11) is -2.60. The molecule has 1 heterocycles. The molecule has 32 heavy (non-hydrogen) atoms. The summed E-state index contributed by atoms with van der Waals surface area (Å²) in [5.41, 5.74) is 1.82. The lowest BCUT2D eigenvalue weighted by Crippen LogP contribution is -2.36. The number of H-pyrrole nitrogens is 1. The van der Waals surface area contributed by atoms with Crippen LogP contribution in [0.1, 0.15) is 37.7 Å². The molecule has 1 fully saturated rings. The number of aromatic amines is 1. The van der Waals surface area contributed by atoms with E-state index in [2.05, 4.69) is 9.71 Å². The number of methoxy groups -OCH3 is 1. The highest BCUT2D eigenvalue weighted by molar-refractivity contribution is 7.89. The molecule has 2 aromatic carbocycles. The van der Waals surface area contributed by atoms with Gasteiger partial charge in [-0.3, -0.25) is 4.79 Å². The fourth-order valence-electron chi connectivity index (χ4n) is 4.28. The van der Waals surface area contributed by atoms with Gasteiger partial charge in [-0.25, -0.2) is 17.5 Å². The summed E-state index contributed by atoms with van der Waals surface area (Å²) in [4.78, 5) is 15.1. The monoisotopic (exact) mass is 478 g/mol. The van der Waals surface area contributed by atoms with Crippen molar-refractivity contribution in [2.24, 2.45) is 0 Å². The van der Waals surface area contributed by atoms with Gasteiger partial charge in [-0.05, 0) is 48.2 Å². The molecule has 3 aromatic rings. The Morgan fingerprint density at radius 2 is 1.97 bits per heavy atom. The van der Waals surface area contributed by atoms with Gasteiger partial charge in [0.15, 0.2) is 0 Å². The number of carbonyl (C=O) groups excluding carboxylic acids is 1. The van der Waals surface area contributed by atoms with E-state index in [1.54, 1.807) is 18.2 Å². The second-order valence-electron chi connectivity index (χ2n) is 8.00.